The maximum absolute atomic E-state index is 12.7. The molecule has 0 aliphatic carbocycles. The molecule has 0 atom stereocenters. The van der Waals surface area contributed by atoms with E-state index in [1.807, 2.05) is 42.5 Å². The quantitative estimate of drug-likeness (QED) is 0.0835. The van der Waals surface area contributed by atoms with E-state index in [1.54, 1.807) is 27.4 Å². The van der Waals surface area contributed by atoms with Crippen LogP contribution in [-0.4, -0.2) is 42.8 Å². The van der Waals surface area contributed by atoms with Crippen LogP contribution in [0.3, 0.4) is 0 Å². The predicted octanol–water partition coefficient (Wildman–Crippen LogP) is 11.0. The largest absolute Gasteiger partial charge is 0.500 e. The molecule has 0 radical (unpaired) electrons. The van der Waals surface area contributed by atoms with E-state index in [0.717, 1.165) is 45.3 Å². The van der Waals surface area contributed by atoms with Gasteiger partial charge in [0.15, 0.2) is 0 Å². The first-order valence-electron chi connectivity index (χ1n) is 17.6. The SMILES string of the molecule is CO[Si](CCCNC(=O)Oc1cccc(N(c2ccccc2)c2ccc(-c3ccc(N(c4ccccc4)c4cccc(C)c4)cc3)cc2)c1)(OC)OC. The summed E-state index contributed by atoms with van der Waals surface area (Å²) < 4.78 is 22.1. The number of para-hydroxylation sites is 2. The number of aryl methyl sites for hydroxylation is 1. The number of nitrogens with one attached hydrogen (secondary N) is 1. The molecule has 1 amide bonds. The molecule has 0 spiro atoms. The van der Waals surface area contributed by atoms with Gasteiger partial charge in [-0.3, -0.25) is 0 Å². The second-order valence-electron chi connectivity index (χ2n) is 12.5. The average Bonchev–Trinajstić information content (AvgIpc) is 3.20. The van der Waals surface area contributed by atoms with E-state index >= 15 is 0 Å². The van der Waals surface area contributed by atoms with Gasteiger partial charge in [-0.15, -0.1) is 0 Å². The highest BCUT2D eigenvalue weighted by molar-refractivity contribution is 6.60. The zero-order valence-corrected chi connectivity index (χ0v) is 31.6. The van der Waals surface area contributed by atoms with Gasteiger partial charge in [-0.2, -0.15) is 0 Å². The Labute approximate surface area is 313 Å². The van der Waals surface area contributed by atoms with Crippen LogP contribution in [0.1, 0.15) is 12.0 Å². The number of hydrogen-bond acceptors (Lipinski definition) is 7. The molecular weight excluding hydrogens is 679 g/mol. The molecule has 0 aromatic heterocycles. The molecule has 0 fully saturated rings. The van der Waals surface area contributed by atoms with Crippen LogP contribution in [-0.2, 0) is 13.3 Å². The monoisotopic (exact) mass is 723 g/mol. The van der Waals surface area contributed by atoms with Crippen molar-refractivity contribution in [3.63, 3.8) is 0 Å². The van der Waals surface area contributed by atoms with Gasteiger partial charge in [0.1, 0.15) is 5.75 Å². The second-order valence-corrected chi connectivity index (χ2v) is 15.6. The topological polar surface area (TPSA) is 72.5 Å². The summed E-state index contributed by atoms with van der Waals surface area (Å²) in [4.78, 5) is 17.1. The van der Waals surface area contributed by atoms with E-state index in [1.165, 1.54) is 5.56 Å². The minimum atomic E-state index is -2.70. The number of amides is 1. The smallest absolute Gasteiger partial charge is 0.410 e. The Kier molecular flexibility index (Phi) is 12.4. The van der Waals surface area contributed by atoms with E-state index in [0.29, 0.717) is 24.8 Å². The third kappa shape index (κ3) is 9.21. The molecule has 9 heteroatoms. The lowest BCUT2D eigenvalue weighted by Crippen LogP contribution is -2.43. The Morgan fingerprint density at radius 3 is 1.49 bits per heavy atom. The molecule has 0 aliphatic heterocycles. The minimum absolute atomic E-state index is 0.395. The van der Waals surface area contributed by atoms with E-state index in [4.69, 9.17) is 18.0 Å². The van der Waals surface area contributed by atoms with Crippen molar-refractivity contribution < 1.29 is 22.8 Å². The van der Waals surface area contributed by atoms with E-state index in [2.05, 4.69) is 131 Å². The standard InChI is InChI=1S/C44H45N3O5Si/c1-34-14-11-19-41(32-34)46(37-15-7-5-8-16-37)39-26-22-35(23-27-39)36-24-28-40(29-25-36)47(38-17-9-6-10-18-38)42-20-12-21-43(33-42)52-44(48)45-30-13-31-53(49-2,50-3)51-4/h5-12,14-29,32-33H,13,30-31H2,1-4H3,(H,45,48). The molecule has 6 aromatic rings. The van der Waals surface area contributed by atoms with Crippen molar-refractivity contribution in [1.29, 1.82) is 0 Å². The lowest BCUT2D eigenvalue weighted by atomic mass is 10.0. The number of nitrogens with zero attached hydrogens (tertiary/aromatic N) is 2. The first kappa shape index (κ1) is 37.1. The summed E-state index contributed by atoms with van der Waals surface area (Å²) in [5.74, 6) is 0.433. The van der Waals surface area contributed by atoms with Crippen LogP contribution >= 0.6 is 0 Å². The van der Waals surface area contributed by atoms with Gasteiger partial charge in [0.05, 0.1) is 0 Å². The molecule has 0 bridgehead atoms. The molecule has 0 heterocycles. The van der Waals surface area contributed by atoms with Crippen LogP contribution in [0.15, 0.2) is 158 Å². The van der Waals surface area contributed by atoms with Crippen molar-refractivity contribution >= 4 is 49.0 Å². The fourth-order valence-electron chi connectivity index (χ4n) is 6.30. The summed E-state index contributed by atoms with van der Waals surface area (Å²) >= 11 is 0. The summed E-state index contributed by atoms with van der Waals surface area (Å²) in [6.45, 7) is 2.51. The van der Waals surface area contributed by atoms with Crippen molar-refractivity contribution in [2.75, 3.05) is 37.7 Å². The molecule has 0 aliphatic rings. The highest BCUT2D eigenvalue weighted by Gasteiger charge is 2.36. The maximum Gasteiger partial charge on any atom is 0.500 e. The molecule has 53 heavy (non-hydrogen) atoms. The van der Waals surface area contributed by atoms with Crippen LogP contribution in [0.2, 0.25) is 6.04 Å². The first-order chi connectivity index (χ1) is 25.9. The van der Waals surface area contributed by atoms with Crippen LogP contribution < -0.4 is 19.9 Å². The van der Waals surface area contributed by atoms with E-state index in [9.17, 15) is 4.79 Å². The molecule has 8 nitrogen and oxygen atoms in total. The number of carbonyl (C=O) groups is 1. The predicted molar refractivity (Wildman–Crippen MR) is 216 cm³/mol. The molecule has 0 unspecified atom stereocenters. The fourth-order valence-corrected chi connectivity index (χ4v) is 8.02. The Balaban J connectivity index is 1.19. The highest BCUT2D eigenvalue weighted by atomic mass is 28.4. The Morgan fingerprint density at radius 1 is 0.547 bits per heavy atom. The van der Waals surface area contributed by atoms with Gasteiger partial charge in [-0.25, -0.2) is 4.79 Å². The van der Waals surface area contributed by atoms with Gasteiger partial charge in [-0.1, -0.05) is 78.9 Å². The second kappa shape index (κ2) is 17.7. The zero-order chi connectivity index (χ0) is 37.0. The number of hydrogen-bond donors (Lipinski definition) is 1. The number of benzene rings is 6. The summed E-state index contributed by atoms with van der Waals surface area (Å²) in [5.41, 5.74) is 9.53. The van der Waals surface area contributed by atoms with Crippen LogP contribution in [0, 0.1) is 6.92 Å². The van der Waals surface area contributed by atoms with Crippen molar-refractivity contribution in [3.05, 3.63) is 163 Å². The van der Waals surface area contributed by atoms with Crippen LogP contribution in [0.5, 0.6) is 5.75 Å². The van der Waals surface area contributed by atoms with E-state index < -0.39 is 14.9 Å². The minimum Gasteiger partial charge on any atom is -0.410 e. The molecule has 0 saturated heterocycles. The van der Waals surface area contributed by atoms with Crippen molar-refractivity contribution in [1.82, 2.24) is 5.32 Å². The molecular formula is C44H45N3O5Si. The summed E-state index contributed by atoms with van der Waals surface area (Å²) in [5, 5.41) is 2.82. The normalized spacial score (nSPS) is 11.2. The van der Waals surface area contributed by atoms with E-state index in [-0.39, 0.29) is 0 Å². The van der Waals surface area contributed by atoms with Gasteiger partial charge in [0, 0.05) is 74.1 Å². The van der Waals surface area contributed by atoms with Crippen molar-refractivity contribution in [2.24, 2.45) is 0 Å². The van der Waals surface area contributed by atoms with Gasteiger partial charge in [0.2, 0.25) is 0 Å². The lowest BCUT2D eigenvalue weighted by Gasteiger charge is -2.26. The third-order valence-corrected chi connectivity index (χ3v) is 11.9. The van der Waals surface area contributed by atoms with Crippen LogP contribution in [0.4, 0.5) is 38.9 Å². The number of rotatable bonds is 15. The van der Waals surface area contributed by atoms with Gasteiger partial charge in [-0.05, 0) is 103 Å². The van der Waals surface area contributed by atoms with Gasteiger partial charge in [0.25, 0.3) is 0 Å². The first-order valence-corrected chi connectivity index (χ1v) is 19.5. The zero-order valence-electron chi connectivity index (χ0n) is 30.6. The highest BCUT2D eigenvalue weighted by Crippen LogP contribution is 2.38. The molecule has 1 N–H and O–H groups in total. The maximum atomic E-state index is 12.7. The molecule has 0 saturated carbocycles. The molecule has 6 aromatic carbocycles. The van der Waals surface area contributed by atoms with Gasteiger partial charge < -0.3 is 33.1 Å². The Morgan fingerprint density at radius 2 is 1.00 bits per heavy atom. The Hall–Kier alpha value is -5.71. The number of ether oxygens (including phenoxy) is 1. The van der Waals surface area contributed by atoms with Crippen molar-refractivity contribution in [3.8, 4) is 16.9 Å². The third-order valence-electron chi connectivity index (χ3n) is 9.02. The van der Waals surface area contributed by atoms with Crippen molar-refractivity contribution in [2.45, 2.75) is 19.4 Å². The molecule has 270 valence electrons. The van der Waals surface area contributed by atoms with Crippen LogP contribution in [0.25, 0.3) is 11.1 Å². The number of anilines is 6. The lowest BCUT2D eigenvalue weighted by molar-refractivity contribution is 0.123. The summed E-state index contributed by atoms with van der Waals surface area (Å²) in [6.07, 6.45) is 0.0901. The summed E-state index contributed by atoms with van der Waals surface area (Å²) in [7, 11) is 2.03. The average molecular weight is 724 g/mol. The van der Waals surface area contributed by atoms with Gasteiger partial charge >= 0.3 is 14.9 Å². The fraction of sp³-hybridized carbons (Fsp3) is 0.159. The molecule has 6 rings (SSSR count). The Bertz CT molecular complexity index is 2050. The summed E-state index contributed by atoms with van der Waals surface area (Å²) in [6, 6.07) is 54.4. The number of carbonyl (C=O) groups excluding carboxylic acids is 1.